The fraction of sp³-hybridized carbons (Fsp3) is 0.333. The lowest BCUT2D eigenvalue weighted by Crippen LogP contribution is -1.86. The molecule has 1 aromatic rings. The Kier molecular flexibility index (Phi) is 4.91. The van der Waals surface area contributed by atoms with Crippen molar-refractivity contribution in [2.45, 2.75) is 20.0 Å². The van der Waals surface area contributed by atoms with Gasteiger partial charge < -0.3 is 5.11 Å². The summed E-state index contributed by atoms with van der Waals surface area (Å²) in [6, 6.07) is 6.03. The maximum atomic E-state index is 8.94. The summed E-state index contributed by atoms with van der Waals surface area (Å²) in [7, 11) is 0. The number of aliphatic hydroxyl groups excluding tert-OH is 1. The average molecular weight is 255 g/mol. The summed E-state index contributed by atoms with van der Waals surface area (Å²) < 4.78 is 0. The van der Waals surface area contributed by atoms with Crippen molar-refractivity contribution < 1.29 is 5.11 Å². The van der Waals surface area contributed by atoms with Crippen molar-refractivity contribution in [3.8, 4) is 0 Å². The van der Waals surface area contributed by atoms with Crippen LogP contribution in [0, 0.1) is 6.92 Å². The third kappa shape index (κ3) is 3.28. The quantitative estimate of drug-likeness (QED) is 0.818. The summed E-state index contributed by atoms with van der Waals surface area (Å²) in [4.78, 5) is 0. The SMILES string of the molecule is Cc1cc(CO)ccc1C=CCCBr. The Morgan fingerprint density at radius 1 is 1.43 bits per heavy atom. The maximum absolute atomic E-state index is 8.94. The molecule has 1 nitrogen and oxygen atoms in total. The van der Waals surface area contributed by atoms with E-state index in [0.717, 1.165) is 17.3 Å². The summed E-state index contributed by atoms with van der Waals surface area (Å²) in [5.41, 5.74) is 3.41. The molecule has 0 spiro atoms. The molecule has 0 atom stereocenters. The molecule has 2 heteroatoms. The number of allylic oxidation sites excluding steroid dienone is 1. The number of aliphatic hydroxyl groups is 1. The normalized spacial score (nSPS) is 11.1. The van der Waals surface area contributed by atoms with Gasteiger partial charge in [0.2, 0.25) is 0 Å². The number of aryl methyl sites for hydroxylation is 1. The van der Waals surface area contributed by atoms with E-state index in [0.29, 0.717) is 0 Å². The van der Waals surface area contributed by atoms with E-state index < -0.39 is 0 Å². The third-order valence-corrected chi connectivity index (χ3v) is 2.55. The van der Waals surface area contributed by atoms with Gasteiger partial charge in [0.05, 0.1) is 6.61 Å². The molecule has 14 heavy (non-hydrogen) atoms. The molecular formula is C12H15BrO. The fourth-order valence-electron chi connectivity index (χ4n) is 1.30. The Morgan fingerprint density at radius 3 is 2.79 bits per heavy atom. The van der Waals surface area contributed by atoms with Crippen LogP contribution in [0.1, 0.15) is 23.1 Å². The molecule has 0 amide bonds. The zero-order valence-electron chi connectivity index (χ0n) is 8.33. The van der Waals surface area contributed by atoms with Gasteiger partial charge in [0.15, 0.2) is 0 Å². The van der Waals surface area contributed by atoms with E-state index in [-0.39, 0.29) is 6.61 Å². The van der Waals surface area contributed by atoms with Crippen LogP contribution in [0.5, 0.6) is 0 Å². The van der Waals surface area contributed by atoms with Crippen LogP contribution in [0.15, 0.2) is 24.3 Å². The standard InChI is InChI=1S/C12H15BrO/c1-10-8-11(9-14)5-6-12(10)4-2-3-7-13/h2,4-6,8,14H,3,7,9H2,1H3. The van der Waals surface area contributed by atoms with Crippen molar-refractivity contribution in [3.05, 3.63) is 41.0 Å². The highest BCUT2D eigenvalue weighted by Crippen LogP contribution is 2.13. The summed E-state index contributed by atoms with van der Waals surface area (Å²) in [5.74, 6) is 0. The predicted octanol–water partition coefficient (Wildman–Crippen LogP) is 3.29. The lowest BCUT2D eigenvalue weighted by Gasteiger charge is -2.02. The van der Waals surface area contributed by atoms with Gasteiger partial charge in [-0.1, -0.05) is 46.3 Å². The number of alkyl halides is 1. The zero-order chi connectivity index (χ0) is 10.4. The first-order chi connectivity index (χ1) is 6.77. The van der Waals surface area contributed by atoms with Gasteiger partial charge in [-0.25, -0.2) is 0 Å². The minimum absolute atomic E-state index is 0.117. The largest absolute Gasteiger partial charge is 0.392 e. The molecule has 0 aliphatic carbocycles. The molecule has 1 N–H and O–H groups in total. The van der Waals surface area contributed by atoms with Gasteiger partial charge in [0, 0.05) is 5.33 Å². The van der Waals surface area contributed by atoms with E-state index >= 15 is 0 Å². The number of halogens is 1. The number of benzene rings is 1. The van der Waals surface area contributed by atoms with Gasteiger partial charge in [-0.15, -0.1) is 0 Å². The first-order valence-electron chi connectivity index (χ1n) is 4.71. The van der Waals surface area contributed by atoms with Crippen molar-refractivity contribution >= 4 is 22.0 Å². The summed E-state index contributed by atoms with van der Waals surface area (Å²) in [6.07, 6.45) is 5.31. The van der Waals surface area contributed by atoms with Crippen molar-refractivity contribution in [1.29, 1.82) is 0 Å². The van der Waals surface area contributed by atoms with Crippen LogP contribution in [0.3, 0.4) is 0 Å². The molecule has 0 unspecified atom stereocenters. The molecule has 76 valence electrons. The summed E-state index contributed by atoms with van der Waals surface area (Å²) in [5, 5.41) is 9.94. The van der Waals surface area contributed by atoms with E-state index in [1.807, 2.05) is 18.2 Å². The van der Waals surface area contributed by atoms with Gasteiger partial charge in [-0.2, -0.15) is 0 Å². The second-order valence-electron chi connectivity index (χ2n) is 3.23. The Bertz CT molecular complexity index is 318. The Hall–Kier alpha value is -0.600. The Morgan fingerprint density at radius 2 is 2.21 bits per heavy atom. The van der Waals surface area contributed by atoms with Crippen molar-refractivity contribution in [2.24, 2.45) is 0 Å². The average Bonchev–Trinajstić information content (AvgIpc) is 2.20. The second-order valence-corrected chi connectivity index (χ2v) is 4.02. The first-order valence-corrected chi connectivity index (χ1v) is 5.83. The highest BCUT2D eigenvalue weighted by molar-refractivity contribution is 9.09. The monoisotopic (exact) mass is 254 g/mol. The van der Waals surface area contributed by atoms with Crippen LogP contribution in [0.25, 0.3) is 6.08 Å². The minimum atomic E-state index is 0.117. The van der Waals surface area contributed by atoms with Gasteiger partial charge in [-0.3, -0.25) is 0 Å². The first kappa shape index (κ1) is 11.5. The van der Waals surface area contributed by atoms with Crippen molar-refractivity contribution in [3.63, 3.8) is 0 Å². The Balaban J connectivity index is 2.78. The molecule has 1 rings (SSSR count). The maximum Gasteiger partial charge on any atom is 0.0681 e. The number of rotatable bonds is 4. The van der Waals surface area contributed by atoms with Crippen molar-refractivity contribution in [2.75, 3.05) is 5.33 Å². The molecule has 0 aromatic heterocycles. The Labute approximate surface area is 93.6 Å². The second kappa shape index (κ2) is 5.99. The predicted molar refractivity (Wildman–Crippen MR) is 64.5 cm³/mol. The van der Waals surface area contributed by atoms with Crippen LogP contribution in [0.4, 0.5) is 0 Å². The smallest absolute Gasteiger partial charge is 0.0681 e. The summed E-state index contributed by atoms with van der Waals surface area (Å²) in [6.45, 7) is 2.18. The van der Waals surface area contributed by atoms with E-state index in [2.05, 4.69) is 35.0 Å². The van der Waals surface area contributed by atoms with E-state index in [1.165, 1.54) is 11.1 Å². The van der Waals surface area contributed by atoms with Gasteiger partial charge in [0.25, 0.3) is 0 Å². The van der Waals surface area contributed by atoms with Crippen LogP contribution in [-0.2, 0) is 6.61 Å². The van der Waals surface area contributed by atoms with Gasteiger partial charge >= 0.3 is 0 Å². The van der Waals surface area contributed by atoms with Crippen molar-refractivity contribution in [1.82, 2.24) is 0 Å². The lowest BCUT2D eigenvalue weighted by atomic mass is 10.0. The van der Waals surface area contributed by atoms with Crippen LogP contribution in [0.2, 0.25) is 0 Å². The molecule has 1 aromatic carbocycles. The molecular weight excluding hydrogens is 240 g/mol. The number of hydrogen-bond acceptors (Lipinski definition) is 1. The molecule has 0 saturated heterocycles. The highest BCUT2D eigenvalue weighted by atomic mass is 79.9. The topological polar surface area (TPSA) is 20.2 Å². The van der Waals surface area contributed by atoms with E-state index in [4.69, 9.17) is 5.11 Å². The molecule has 0 saturated carbocycles. The lowest BCUT2D eigenvalue weighted by molar-refractivity contribution is 0.282. The van der Waals surface area contributed by atoms with Gasteiger partial charge in [0.1, 0.15) is 0 Å². The molecule has 0 radical (unpaired) electrons. The zero-order valence-corrected chi connectivity index (χ0v) is 9.92. The molecule has 0 aliphatic heterocycles. The van der Waals surface area contributed by atoms with Crippen LogP contribution >= 0.6 is 15.9 Å². The fourth-order valence-corrected chi connectivity index (χ4v) is 1.56. The molecule has 0 aliphatic rings. The molecule has 0 fully saturated rings. The van der Waals surface area contributed by atoms with Crippen LogP contribution < -0.4 is 0 Å². The minimum Gasteiger partial charge on any atom is -0.392 e. The summed E-state index contributed by atoms with van der Waals surface area (Å²) >= 11 is 3.38. The third-order valence-electron chi connectivity index (χ3n) is 2.09. The molecule has 0 heterocycles. The van der Waals surface area contributed by atoms with E-state index in [1.54, 1.807) is 0 Å². The molecule has 0 bridgehead atoms. The number of hydrogen-bond donors (Lipinski definition) is 1. The van der Waals surface area contributed by atoms with Crippen LogP contribution in [-0.4, -0.2) is 10.4 Å². The van der Waals surface area contributed by atoms with E-state index in [9.17, 15) is 0 Å². The van der Waals surface area contributed by atoms with Gasteiger partial charge in [-0.05, 0) is 30.0 Å². The highest BCUT2D eigenvalue weighted by Gasteiger charge is 1.95.